The molecule has 0 spiro atoms. The Balaban J connectivity index is 1.86. The zero-order chi connectivity index (χ0) is 17.5. The number of alkyl halides is 2. The summed E-state index contributed by atoms with van der Waals surface area (Å²) in [6.45, 7) is 3.29. The van der Waals surface area contributed by atoms with Crippen LogP contribution in [0.2, 0.25) is 0 Å². The van der Waals surface area contributed by atoms with Crippen molar-refractivity contribution in [1.82, 2.24) is 9.80 Å². The maximum Gasteiger partial charge on any atom is 0.387 e. The van der Waals surface area contributed by atoms with E-state index in [0.29, 0.717) is 30.9 Å². The van der Waals surface area contributed by atoms with Gasteiger partial charge in [-0.3, -0.25) is 4.90 Å². The standard InChI is InChI=1S/C16H23F2N3O3/c1-12-11-13(24-15(17)18)3-4-14(12)19-16(22)21-7-5-20(6-8-21)9-10-23-2/h3-4,11,15H,5-10H2,1-2H3,(H,19,22). The predicted octanol–water partition coefficient (Wildman–Crippen LogP) is 2.39. The van der Waals surface area contributed by atoms with Gasteiger partial charge in [0, 0.05) is 45.5 Å². The lowest BCUT2D eigenvalue weighted by Gasteiger charge is -2.34. The molecule has 1 aromatic rings. The number of halogens is 2. The number of anilines is 1. The van der Waals surface area contributed by atoms with Crippen LogP contribution in [-0.4, -0.2) is 68.9 Å². The van der Waals surface area contributed by atoms with Crippen LogP contribution in [0.5, 0.6) is 5.75 Å². The third kappa shape index (κ3) is 5.31. The maximum atomic E-state index is 12.3. The van der Waals surface area contributed by atoms with Crippen LogP contribution in [-0.2, 0) is 4.74 Å². The summed E-state index contributed by atoms with van der Waals surface area (Å²) in [6, 6.07) is 4.27. The minimum atomic E-state index is -2.86. The van der Waals surface area contributed by atoms with Crippen molar-refractivity contribution in [2.24, 2.45) is 0 Å². The highest BCUT2D eigenvalue weighted by atomic mass is 19.3. The van der Waals surface area contributed by atoms with Gasteiger partial charge >= 0.3 is 12.6 Å². The Bertz CT molecular complexity index is 549. The molecule has 1 aromatic carbocycles. The summed E-state index contributed by atoms with van der Waals surface area (Å²) in [7, 11) is 1.67. The molecule has 1 fully saturated rings. The normalized spacial score (nSPS) is 15.6. The van der Waals surface area contributed by atoms with Crippen LogP contribution < -0.4 is 10.1 Å². The molecule has 8 heteroatoms. The smallest absolute Gasteiger partial charge is 0.387 e. The molecule has 0 aliphatic carbocycles. The van der Waals surface area contributed by atoms with E-state index in [1.807, 2.05) is 0 Å². The number of carbonyl (C=O) groups is 1. The van der Waals surface area contributed by atoms with Gasteiger partial charge in [-0.2, -0.15) is 8.78 Å². The molecule has 1 saturated heterocycles. The summed E-state index contributed by atoms with van der Waals surface area (Å²) in [5.41, 5.74) is 1.25. The summed E-state index contributed by atoms with van der Waals surface area (Å²) in [5, 5.41) is 2.82. The second kappa shape index (κ2) is 8.79. The minimum Gasteiger partial charge on any atom is -0.435 e. The Hall–Kier alpha value is -1.93. The Morgan fingerprint density at radius 2 is 2.00 bits per heavy atom. The molecule has 0 saturated carbocycles. The topological polar surface area (TPSA) is 54.0 Å². The molecule has 24 heavy (non-hydrogen) atoms. The Kier molecular flexibility index (Phi) is 6.74. The van der Waals surface area contributed by atoms with Crippen molar-refractivity contribution in [2.45, 2.75) is 13.5 Å². The van der Waals surface area contributed by atoms with E-state index in [-0.39, 0.29) is 11.8 Å². The van der Waals surface area contributed by atoms with E-state index in [9.17, 15) is 13.6 Å². The lowest BCUT2D eigenvalue weighted by molar-refractivity contribution is -0.0498. The molecule has 1 heterocycles. The number of ether oxygens (including phenoxy) is 2. The predicted molar refractivity (Wildman–Crippen MR) is 86.7 cm³/mol. The molecule has 1 N–H and O–H groups in total. The number of nitrogens with one attached hydrogen (secondary N) is 1. The van der Waals surface area contributed by atoms with E-state index >= 15 is 0 Å². The zero-order valence-corrected chi connectivity index (χ0v) is 13.9. The van der Waals surface area contributed by atoms with Gasteiger partial charge in [-0.05, 0) is 30.7 Å². The van der Waals surface area contributed by atoms with Gasteiger partial charge in [-0.25, -0.2) is 4.79 Å². The molecule has 2 rings (SSSR count). The molecule has 1 aliphatic rings. The summed E-state index contributed by atoms with van der Waals surface area (Å²) in [4.78, 5) is 16.3. The van der Waals surface area contributed by atoms with Crippen molar-refractivity contribution in [1.29, 1.82) is 0 Å². The molecular weight excluding hydrogens is 320 g/mol. The SMILES string of the molecule is COCCN1CCN(C(=O)Nc2ccc(OC(F)F)cc2C)CC1. The van der Waals surface area contributed by atoms with Gasteiger partial charge in [0.25, 0.3) is 0 Å². The molecule has 0 aromatic heterocycles. The first kappa shape index (κ1) is 18.4. The number of piperazine rings is 1. The first-order chi connectivity index (χ1) is 11.5. The van der Waals surface area contributed by atoms with Gasteiger partial charge in [0.2, 0.25) is 0 Å². The first-order valence-electron chi connectivity index (χ1n) is 7.82. The Morgan fingerprint density at radius 1 is 1.29 bits per heavy atom. The lowest BCUT2D eigenvalue weighted by atomic mass is 10.2. The van der Waals surface area contributed by atoms with Crippen molar-refractivity contribution in [3.8, 4) is 5.75 Å². The fourth-order valence-corrected chi connectivity index (χ4v) is 2.54. The number of aryl methyl sites for hydroxylation is 1. The quantitative estimate of drug-likeness (QED) is 0.862. The number of urea groups is 1. The number of hydrogen-bond donors (Lipinski definition) is 1. The van der Waals surface area contributed by atoms with Gasteiger partial charge in [0.1, 0.15) is 5.75 Å². The van der Waals surface area contributed by atoms with E-state index < -0.39 is 6.61 Å². The van der Waals surface area contributed by atoms with Crippen molar-refractivity contribution < 1.29 is 23.0 Å². The number of rotatable bonds is 6. The van der Waals surface area contributed by atoms with E-state index in [1.54, 1.807) is 25.0 Å². The minimum absolute atomic E-state index is 0.0762. The van der Waals surface area contributed by atoms with Crippen LogP contribution in [0.4, 0.5) is 19.3 Å². The first-order valence-corrected chi connectivity index (χ1v) is 7.82. The number of benzene rings is 1. The summed E-state index contributed by atoms with van der Waals surface area (Å²) < 4.78 is 33.8. The summed E-state index contributed by atoms with van der Waals surface area (Å²) in [6.07, 6.45) is 0. The van der Waals surface area contributed by atoms with Crippen molar-refractivity contribution >= 4 is 11.7 Å². The third-order valence-electron chi connectivity index (χ3n) is 3.94. The van der Waals surface area contributed by atoms with E-state index in [4.69, 9.17) is 4.74 Å². The summed E-state index contributed by atoms with van der Waals surface area (Å²) in [5.74, 6) is 0.0762. The van der Waals surface area contributed by atoms with Crippen molar-refractivity contribution in [3.05, 3.63) is 23.8 Å². The van der Waals surface area contributed by atoms with E-state index in [1.165, 1.54) is 12.1 Å². The fraction of sp³-hybridized carbons (Fsp3) is 0.562. The third-order valence-corrected chi connectivity index (χ3v) is 3.94. The van der Waals surface area contributed by atoms with Crippen molar-refractivity contribution in [3.63, 3.8) is 0 Å². The van der Waals surface area contributed by atoms with Crippen LogP contribution in [0.1, 0.15) is 5.56 Å². The van der Waals surface area contributed by atoms with Crippen LogP contribution in [0.25, 0.3) is 0 Å². The van der Waals surface area contributed by atoms with Crippen LogP contribution >= 0.6 is 0 Å². The zero-order valence-electron chi connectivity index (χ0n) is 13.9. The molecule has 6 nitrogen and oxygen atoms in total. The van der Waals surface area contributed by atoms with Gasteiger partial charge in [0.05, 0.1) is 6.61 Å². The molecule has 0 bridgehead atoms. The molecule has 2 amide bonds. The number of nitrogens with zero attached hydrogens (tertiary/aromatic N) is 2. The maximum absolute atomic E-state index is 12.3. The number of methoxy groups -OCH3 is 1. The van der Waals surface area contributed by atoms with Gasteiger partial charge in [0.15, 0.2) is 0 Å². The van der Waals surface area contributed by atoms with Gasteiger partial charge in [-0.15, -0.1) is 0 Å². The van der Waals surface area contributed by atoms with E-state index in [0.717, 1.165) is 19.6 Å². The second-order valence-electron chi connectivity index (χ2n) is 5.61. The van der Waals surface area contributed by atoms with Crippen LogP contribution in [0.3, 0.4) is 0 Å². The second-order valence-corrected chi connectivity index (χ2v) is 5.61. The van der Waals surface area contributed by atoms with Gasteiger partial charge < -0.3 is 19.7 Å². The van der Waals surface area contributed by atoms with Crippen LogP contribution in [0.15, 0.2) is 18.2 Å². The Labute approximate surface area is 140 Å². The average Bonchev–Trinajstić information content (AvgIpc) is 2.55. The molecule has 134 valence electrons. The number of amides is 2. The number of carbonyl (C=O) groups excluding carboxylic acids is 1. The average molecular weight is 343 g/mol. The molecule has 1 aliphatic heterocycles. The van der Waals surface area contributed by atoms with Gasteiger partial charge in [-0.1, -0.05) is 0 Å². The van der Waals surface area contributed by atoms with E-state index in [2.05, 4.69) is 15.0 Å². The molecular formula is C16H23F2N3O3. The largest absolute Gasteiger partial charge is 0.435 e. The van der Waals surface area contributed by atoms with Crippen LogP contribution in [0, 0.1) is 6.92 Å². The monoisotopic (exact) mass is 343 g/mol. The lowest BCUT2D eigenvalue weighted by Crippen LogP contribution is -2.50. The van der Waals surface area contributed by atoms with Crippen molar-refractivity contribution in [2.75, 3.05) is 51.8 Å². The molecule has 0 atom stereocenters. The highest BCUT2D eigenvalue weighted by Crippen LogP contribution is 2.23. The summed E-state index contributed by atoms with van der Waals surface area (Å²) >= 11 is 0. The molecule has 0 radical (unpaired) electrons. The Morgan fingerprint density at radius 3 is 2.58 bits per heavy atom. The highest BCUT2D eigenvalue weighted by molar-refractivity contribution is 5.90. The number of hydrogen-bond acceptors (Lipinski definition) is 4. The highest BCUT2D eigenvalue weighted by Gasteiger charge is 2.21. The fourth-order valence-electron chi connectivity index (χ4n) is 2.54. The molecule has 0 unspecified atom stereocenters.